The van der Waals surface area contributed by atoms with Gasteiger partial charge in [-0.2, -0.15) is 0 Å². The summed E-state index contributed by atoms with van der Waals surface area (Å²) >= 11 is 0. The van der Waals surface area contributed by atoms with Crippen LogP contribution >= 0.6 is 0 Å². The number of oxazole rings is 2. The largest absolute Gasteiger partial charge is 0.502 e. The first-order chi connectivity index (χ1) is 34.3. The van der Waals surface area contributed by atoms with Gasteiger partial charge in [0.2, 0.25) is 10.9 Å². The third-order valence-corrected chi connectivity index (χ3v) is 14.0. The van der Waals surface area contributed by atoms with Crippen LogP contribution in [-0.2, 0) is 9.47 Å². The zero-order chi connectivity index (χ0) is 47.4. The van der Waals surface area contributed by atoms with Crippen molar-refractivity contribution in [3.05, 3.63) is 188 Å². The van der Waals surface area contributed by atoms with Gasteiger partial charge in [0.05, 0.1) is 38.5 Å². The van der Waals surface area contributed by atoms with Crippen LogP contribution in [0.4, 0.5) is 0 Å². The number of nitrogens with zero attached hydrogens (tertiary/aromatic N) is 8. The summed E-state index contributed by atoms with van der Waals surface area (Å²) in [5, 5.41) is 25.4. The molecule has 4 atom stereocenters. The first-order valence-corrected chi connectivity index (χ1v) is 22.8. The van der Waals surface area contributed by atoms with E-state index < -0.39 is 58.6 Å². The molecule has 14 rings (SSSR count). The number of carbonyl (C=O) groups is 2. The topological polar surface area (TPSA) is 202 Å². The normalized spacial score (nSPS) is 20.3. The van der Waals surface area contributed by atoms with Gasteiger partial charge >= 0.3 is 0 Å². The second-order valence-electron chi connectivity index (χ2n) is 17.5. The van der Waals surface area contributed by atoms with E-state index in [9.17, 15) is 29.4 Å². The van der Waals surface area contributed by atoms with E-state index in [1.54, 1.807) is 31.5 Å². The third-order valence-electron chi connectivity index (χ3n) is 14.0. The quantitative estimate of drug-likeness (QED) is 0.221. The van der Waals surface area contributed by atoms with Crippen LogP contribution in [0, 0.1) is 0 Å². The SMILES string of the molecule is O=C1c2c(O)c(=O)ccn2N([C@@H]2c3ccccc3-c3ncoc3-c3ccccc32)[C@H]2COCCN12.O=C1c2c(O)c(=O)ccn2N([C@H]2c3ccccc3-c3ncoc3-c3ccccc32)[C@@H]2COCCN12. The lowest BCUT2D eigenvalue weighted by Gasteiger charge is -2.51. The minimum absolute atomic E-state index is 0.0513. The molecule has 4 aromatic heterocycles. The first-order valence-electron chi connectivity index (χ1n) is 22.8. The molecule has 18 nitrogen and oxygen atoms in total. The van der Waals surface area contributed by atoms with Crippen LogP contribution in [-0.4, -0.2) is 103 Å². The molecule has 8 heterocycles. The minimum atomic E-state index is -0.596. The summed E-state index contributed by atoms with van der Waals surface area (Å²) in [5.74, 6) is -0.568. The van der Waals surface area contributed by atoms with Crippen molar-refractivity contribution in [1.29, 1.82) is 0 Å². The van der Waals surface area contributed by atoms with Gasteiger partial charge in [0.25, 0.3) is 11.8 Å². The lowest BCUT2D eigenvalue weighted by Crippen LogP contribution is -2.66. The minimum Gasteiger partial charge on any atom is -0.502 e. The van der Waals surface area contributed by atoms with Crippen molar-refractivity contribution in [2.24, 2.45) is 0 Å². The summed E-state index contributed by atoms with van der Waals surface area (Å²) in [5.41, 5.74) is 7.56. The second kappa shape index (κ2) is 15.9. The molecule has 0 spiro atoms. The van der Waals surface area contributed by atoms with Gasteiger partial charge in [0, 0.05) is 59.9 Å². The van der Waals surface area contributed by atoms with Crippen LogP contribution in [0.3, 0.4) is 0 Å². The molecular formula is C52H40N8O10. The number of morpholine rings is 2. The van der Waals surface area contributed by atoms with Crippen LogP contribution in [0.2, 0.25) is 0 Å². The zero-order valence-electron chi connectivity index (χ0n) is 37.0. The van der Waals surface area contributed by atoms with Gasteiger partial charge in [-0.1, -0.05) is 97.1 Å². The average molecular weight is 937 g/mol. The van der Waals surface area contributed by atoms with Gasteiger partial charge < -0.3 is 38.3 Å². The molecule has 2 aliphatic carbocycles. The highest BCUT2D eigenvalue weighted by Crippen LogP contribution is 2.49. The Bertz CT molecular complexity index is 3220. The maximum absolute atomic E-state index is 13.4. The Morgan fingerprint density at radius 3 is 1.27 bits per heavy atom. The number of pyridine rings is 2. The number of rotatable bonds is 2. The van der Waals surface area contributed by atoms with Crippen LogP contribution in [0.25, 0.3) is 45.2 Å². The summed E-state index contributed by atoms with van der Waals surface area (Å²) in [7, 11) is 0. The van der Waals surface area contributed by atoms with E-state index in [4.69, 9.17) is 18.3 Å². The van der Waals surface area contributed by atoms with E-state index in [1.165, 1.54) is 24.9 Å². The van der Waals surface area contributed by atoms with Gasteiger partial charge in [0.1, 0.15) is 23.7 Å². The predicted molar refractivity (Wildman–Crippen MR) is 251 cm³/mol. The molecule has 2 fully saturated rings. The number of aromatic nitrogens is 4. The predicted octanol–water partition coefficient (Wildman–Crippen LogP) is 5.46. The monoisotopic (exact) mass is 936 g/mol. The van der Waals surface area contributed by atoms with Crippen LogP contribution in [0.15, 0.2) is 153 Å². The number of ether oxygens (including phenoxy) is 2. The van der Waals surface area contributed by atoms with Crippen molar-refractivity contribution in [3.63, 3.8) is 0 Å². The fourth-order valence-electron chi connectivity index (χ4n) is 11.0. The second-order valence-corrected chi connectivity index (χ2v) is 17.5. The zero-order valence-corrected chi connectivity index (χ0v) is 37.0. The number of benzene rings is 4. The number of carbonyl (C=O) groups excluding carboxylic acids is 2. The van der Waals surface area contributed by atoms with Gasteiger partial charge in [-0.05, 0) is 22.3 Å². The molecular weight excluding hydrogens is 897 g/mol. The average Bonchev–Trinajstić information content (AvgIpc) is 4.06. The number of hydrogen-bond donors (Lipinski definition) is 2. The first kappa shape index (κ1) is 41.4. The van der Waals surface area contributed by atoms with E-state index in [-0.39, 0.29) is 24.6 Å². The molecule has 2 amide bonds. The Labute approximate surface area is 397 Å². The molecule has 8 aromatic rings. The fourth-order valence-corrected chi connectivity index (χ4v) is 11.0. The van der Waals surface area contributed by atoms with Gasteiger partial charge in [-0.15, -0.1) is 0 Å². The molecule has 70 heavy (non-hydrogen) atoms. The lowest BCUT2D eigenvalue weighted by atomic mass is 9.92. The molecule has 4 aliphatic heterocycles. The molecule has 2 N–H and O–H groups in total. The Morgan fingerprint density at radius 1 is 0.486 bits per heavy atom. The number of amides is 2. The molecule has 4 aromatic carbocycles. The van der Waals surface area contributed by atoms with Crippen molar-refractivity contribution in [3.8, 4) is 56.7 Å². The highest BCUT2D eigenvalue weighted by Gasteiger charge is 2.48. The standard InChI is InChI=1S/2C26H20N4O5/c2*31-19-9-10-29-23(24(19)32)26(33)28-11-12-34-13-20(28)30(29)22-16-6-2-1-5-15(16)21-25(35-14-27-21)18-8-4-3-7-17(18)22/h2*1-10,14,20,22,32H,11-13H2/t2*20-,22+/m10/s1. The van der Waals surface area contributed by atoms with Crippen LogP contribution in [0.5, 0.6) is 11.5 Å². The number of fused-ring (bicyclic) bond motifs is 14. The smallest absolute Gasteiger partial charge is 0.278 e. The fraction of sp³-hybridized carbons (Fsp3) is 0.192. The molecule has 0 radical (unpaired) electrons. The maximum atomic E-state index is 13.4. The molecule has 6 aliphatic rings. The highest BCUT2D eigenvalue weighted by atomic mass is 16.5. The van der Waals surface area contributed by atoms with Crippen LogP contribution in [0.1, 0.15) is 55.3 Å². The summed E-state index contributed by atoms with van der Waals surface area (Å²) in [6, 6.07) is 33.5. The van der Waals surface area contributed by atoms with Crippen molar-refractivity contribution >= 4 is 11.8 Å². The van der Waals surface area contributed by atoms with Gasteiger partial charge in [0.15, 0.2) is 47.2 Å². The van der Waals surface area contributed by atoms with Crippen molar-refractivity contribution in [1.82, 2.24) is 29.1 Å². The van der Waals surface area contributed by atoms with Crippen molar-refractivity contribution in [2.45, 2.75) is 24.4 Å². The molecule has 18 heteroatoms. The maximum Gasteiger partial charge on any atom is 0.278 e. The summed E-state index contributed by atoms with van der Waals surface area (Å²) in [6.45, 7) is 2.01. The molecule has 0 saturated carbocycles. The Hall–Kier alpha value is -8.74. The number of hydrogen-bond acceptors (Lipinski definition) is 14. The van der Waals surface area contributed by atoms with E-state index in [2.05, 4.69) is 9.97 Å². The molecule has 2 saturated heterocycles. The molecule has 0 unspecified atom stereocenters. The Kier molecular flexibility index (Phi) is 9.43. The van der Waals surface area contributed by atoms with E-state index in [0.717, 1.165) is 55.9 Å². The summed E-state index contributed by atoms with van der Waals surface area (Å²) in [4.78, 5) is 64.0. The lowest BCUT2D eigenvalue weighted by molar-refractivity contribution is -0.0197. The Balaban J connectivity index is 0.000000137. The molecule has 348 valence electrons. The van der Waals surface area contributed by atoms with E-state index in [0.29, 0.717) is 37.8 Å². The molecule has 0 bridgehead atoms. The number of aromatic hydroxyl groups is 2. The van der Waals surface area contributed by atoms with Crippen molar-refractivity contribution in [2.75, 3.05) is 49.5 Å². The van der Waals surface area contributed by atoms with Gasteiger partial charge in [-0.3, -0.25) is 38.5 Å². The van der Waals surface area contributed by atoms with E-state index in [1.807, 2.05) is 107 Å². The summed E-state index contributed by atoms with van der Waals surface area (Å²) < 4.78 is 26.6. The Morgan fingerprint density at radius 2 is 0.857 bits per heavy atom. The van der Waals surface area contributed by atoms with Gasteiger partial charge in [-0.25, -0.2) is 9.97 Å². The summed E-state index contributed by atoms with van der Waals surface area (Å²) in [6.07, 6.45) is 5.07. The van der Waals surface area contributed by atoms with Crippen molar-refractivity contribution < 1.29 is 38.1 Å². The highest BCUT2D eigenvalue weighted by molar-refractivity contribution is 5.98. The third kappa shape index (κ3) is 5.99. The van der Waals surface area contributed by atoms with Crippen LogP contribution < -0.4 is 20.9 Å². The van der Waals surface area contributed by atoms with E-state index >= 15 is 0 Å².